The van der Waals surface area contributed by atoms with Crippen molar-refractivity contribution < 1.29 is 18.3 Å². The Labute approximate surface area is 181 Å². The van der Waals surface area contributed by atoms with Gasteiger partial charge >= 0.3 is 0 Å². The van der Waals surface area contributed by atoms with E-state index in [1.165, 1.54) is 48.2 Å². The molecule has 0 N–H and O–H groups in total. The van der Waals surface area contributed by atoms with E-state index in [1.807, 2.05) is 30.3 Å². The number of thioether (sulfide) groups is 1. The fraction of sp³-hybridized carbons (Fsp3) is 0.0870. The van der Waals surface area contributed by atoms with Gasteiger partial charge < -0.3 is 4.74 Å². The Morgan fingerprint density at radius 1 is 0.903 bits per heavy atom. The third kappa shape index (κ3) is 4.97. The second-order valence-corrected chi connectivity index (χ2v) is 7.45. The number of para-hydroxylation sites is 2. The second-order valence-electron chi connectivity index (χ2n) is 6.51. The number of nitrogens with zero attached hydrogens (tertiary/aromatic N) is 3. The molecule has 1 aromatic heterocycles. The summed E-state index contributed by atoms with van der Waals surface area (Å²) >= 11 is 1.21. The molecule has 0 fully saturated rings. The van der Waals surface area contributed by atoms with Crippen LogP contribution in [0.1, 0.15) is 16.2 Å². The third-order valence-corrected chi connectivity index (χ3v) is 5.34. The van der Waals surface area contributed by atoms with Crippen LogP contribution in [0.4, 0.5) is 8.78 Å². The van der Waals surface area contributed by atoms with E-state index in [-0.39, 0.29) is 23.9 Å². The van der Waals surface area contributed by atoms with Gasteiger partial charge in [0, 0.05) is 11.3 Å². The van der Waals surface area contributed by atoms with Crippen LogP contribution in [-0.2, 0) is 6.61 Å². The highest BCUT2D eigenvalue weighted by Crippen LogP contribution is 2.24. The summed E-state index contributed by atoms with van der Waals surface area (Å²) in [6.45, 7) is -0.00467. The average Bonchev–Trinajstić information content (AvgIpc) is 3.21. The molecular formula is C23H17F2N3O2S. The minimum absolute atomic E-state index is 0.00467. The number of hydrogen-bond acceptors (Lipinski definition) is 5. The van der Waals surface area contributed by atoms with Gasteiger partial charge in [0.15, 0.2) is 28.3 Å². The maximum absolute atomic E-state index is 13.9. The van der Waals surface area contributed by atoms with Crippen molar-refractivity contribution in [3.05, 3.63) is 102 Å². The van der Waals surface area contributed by atoms with E-state index >= 15 is 0 Å². The van der Waals surface area contributed by atoms with E-state index in [1.54, 1.807) is 16.7 Å². The fourth-order valence-electron chi connectivity index (χ4n) is 2.88. The number of carbonyl (C=O) groups is 1. The Balaban J connectivity index is 1.55. The van der Waals surface area contributed by atoms with Crippen molar-refractivity contribution in [1.29, 1.82) is 0 Å². The number of ether oxygens (including phenoxy) is 1. The van der Waals surface area contributed by atoms with E-state index in [9.17, 15) is 13.6 Å². The highest BCUT2D eigenvalue weighted by molar-refractivity contribution is 7.99. The largest absolute Gasteiger partial charge is 0.483 e. The maximum Gasteiger partial charge on any atom is 0.196 e. The lowest BCUT2D eigenvalue weighted by Gasteiger charge is -2.11. The van der Waals surface area contributed by atoms with Crippen molar-refractivity contribution in [3.8, 4) is 11.4 Å². The van der Waals surface area contributed by atoms with E-state index in [0.717, 1.165) is 5.69 Å². The molecule has 0 aliphatic rings. The molecular weight excluding hydrogens is 420 g/mol. The summed E-state index contributed by atoms with van der Waals surface area (Å²) in [6, 6.07) is 20.9. The molecule has 0 aliphatic heterocycles. The van der Waals surface area contributed by atoms with Gasteiger partial charge in [0.05, 0.1) is 5.75 Å². The van der Waals surface area contributed by atoms with Gasteiger partial charge in [-0.25, -0.2) is 8.78 Å². The number of carbonyl (C=O) groups excluding carboxylic acids is 1. The molecule has 0 amide bonds. The topological polar surface area (TPSA) is 57.0 Å². The summed E-state index contributed by atoms with van der Waals surface area (Å²) in [7, 11) is 0. The number of ketones is 1. The molecule has 4 rings (SSSR count). The van der Waals surface area contributed by atoms with Crippen LogP contribution in [-0.4, -0.2) is 26.3 Å². The monoisotopic (exact) mass is 437 g/mol. The normalized spacial score (nSPS) is 10.8. The summed E-state index contributed by atoms with van der Waals surface area (Å²) in [6.07, 6.45) is 0. The Bertz CT molecular complexity index is 1180. The summed E-state index contributed by atoms with van der Waals surface area (Å²) in [5.74, 6) is -0.334. The van der Waals surface area contributed by atoms with E-state index in [0.29, 0.717) is 16.5 Å². The number of rotatable bonds is 8. The number of halogens is 2. The summed E-state index contributed by atoms with van der Waals surface area (Å²) in [5.41, 5.74) is 1.21. The van der Waals surface area contributed by atoms with Crippen molar-refractivity contribution in [2.45, 2.75) is 11.8 Å². The molecule has 4 aromatic rings. The van der Waals surface area contributed by atoms with Gasteiger partial charge in [-0.1, -0.05) is 42.1 Å². The van der Waals surface area contributed by atoms with Gasteiger partial charge in [0.1, 0.15) is 12.4 Å². The molecule has 5 nitrogen and oxygen atoms in total. The van der Waals surface area contributed by atoms with Crippen molar-refractivity contribution in [3.63, 3.8) is 0 Å². The first-order valence-electron chi connectivity index (χ1n) is 9.40. The minimum Gasteiger partial charge on any atom is -0.483 e. The van der Waals surface area contributed by atoms with E-state index < -0.39 is 11.6 Å². The molecule has 8 heteroatoms. The molecule has 0 radical (unpaired) electrons. The molecule has 0 atom stereocenters. The van der Waals surface area contributed by atoms with Crippen LogP contribution in [0.3, 0.4) is 0 Å². The Morgan fingerprint density at radius 2 is 1.61 bits per heavy atom. The number of aromatic nitrogens is 3. The smallest absolute Gasteiger partial charge is 0.196 e. The van der Waals surface area contributed by atoms with E-state index in [4.69, 9.17) is 4.74 Å². The molecule has 0 saturated carbocycles. The number of Topliss-reactive ketones (excluding diaryl/α,β-unsaturated/α-hetero) is 1. The number of benzene rings is 3. The summed E-state index contributed by atoms with van der Waals surface area (Å²) < 4.78 is 34.3. The standard InChI is InChI=1S/C23H17F2N3O2S/c24-17-12-10-16(11-13-17)20(29)15-31-23-27-26-22(28(23)18-6-2-1-3-7-18)14-30-21-9-5-4-8-19(21)25/h1-13H,14-15H2. The predicted molar refractivity (Wildman–Crippen MR) is 114 cm³/mol. The van der Waals surface area contributed by atoms with Gasteiger partial charge in [0.25, 0.3) is 0 Å². The SMILES string of the molecule is O=C(CSc1nnc(COc2ccccc2F)n1-c1ccccc1)c1ccc(F)cc1. The molecule has 156 valence electrons. The van der Waals surface area contributed by atoms with Crippen LogP contribution in [0.25, 0.3) is 5.69 Å². The van der Waals surface area contributed by atoms with Gasteiger partial charge in [-0.05, 0) is 48.5 Å². The van der Waals surface area contributed by atoms with Gasteiger partial charge in [-0.2, -0.15) is 0 Å². The molecule has 0 spiro atoms. The van der Waals surface area contributed by atoms with Crippen molar-refractivity contribution in [1.82, 2.24) is 14.8 Å². The average molecular weight is 437 g/mol. The van der Waals surface area contributed by atoms with Gasteiger partial charge in [-0.15, -0.1) is 10.2 Å². The highest BCUT2D eigenvalue weighted by atomic mass is 32.2. The lowest BCUT2D eigenvalue weighted by atomic mass is 10.1. The van der Waals surface area contributed by atoms with Crippen molar-refractivity contribution >= 4 is 17.5 Å². The lowest BCUT2D eigenvalue weighted by molar-refractivity contribution is 0.102. The van der Waals surface area contributed by atoms with Crippen LogP contribution in [0, 0.1) is 11.6 Å². The molecule has 31 heavy (non-hydrogen) atoms. The summed E-state index contributed by atoms with van der Waals surface area (Å²) in [4.78, 5) is 12.5. The molecule has 0 unspecified atom stereocenters. The van der Waals surface area contributed by atoms with Crippen molar-refractivity contribution in [2.24, 2.45) is 0 Å². The molecule has 1 heterocycles. The number of hydrogen-bond donors (Lipinski definition) is 0. The maximum atomic E-state index is 13.9. The third-order valence-electron chi connectivity index (χ3n) is 4.41. The minimum atomic E-state index is -0.465. The lowest BCUT2D eigenvalue weighted by Crippen LogP contribution is -2.08. The van der Waals surface area contributed by atoms with Crippen molar-refractivity contribution in [2.75, 3.05) is 5.75 Å². The van der Waals surface area contributed by atoms with Crippen LogP contribution in [0.5, 0.6) is 5.75 Å². The first-order chi connectivity index (χ1) is 15.1. The molecule has 0 bridgehead atoms. The van der Waals surface area contributed by atoms with Crippen LogP contribution in [0.15, 0.2) is 84.0 Å². The zero-order chi connectivity index (χ0) is 21.6. The molecule has 0 aliphatic carbocycles. The van der Waals surface area contributed by atoms with Crippen LogP contribution >= 0.6 is 11.8 Å². The second kappa shape index (κ2) is 9.53. The Hall–Kier alpha value is -3.52. The first-order valence-corrected chi connectivity index (χ1v) is 10.4. The van der Waals surface area contributed by atoms with Crippen LogP contribution < -0.4 is 4.74 Å². The zero-order valence-electron chi connectivity index (χ0n) is 16.2. The summed E-state index contributed by atoms with van der Waals surface area (Å²) in [5, 5.41) is 8.87. The molecule has 0 saturated heterocycles. The van der Waals surface area contributed by atoms with Crippen LogP contribution in [0.2, 0.25) is 0 Å². The Kier molecular flexibility index (Phi) is 6.37. The predicted octanol–water partition coefficient (Wildman–Crippen LogP) is 5.10. The molecule has 3 aromatic carbocycles. The Morgan fingerprint density at radius 3 is 2.35 bits per heavy atom. The first kappa shape index (κ1) is 20.7. The van der Waals surface area contributed by atoms with Gasteiger partial charge in [-0.3, -0.25) is 9.36 Å². The van der Waals surface area contributed by atoms with E-state index in [2.05, 4.69) is 10.2 Å². The zero-order valence-corrected chi connectivity index (χ0v) is 17.1. The fourth-order valence-corrected chi connectivity index (χ4v) is 3.74. The quantitative estimate of drug-likeness (QED) is 0.284. The highest BCUT2D eigenvalue weighted by Gasteiger charge is 2.17. The van der Waals surface area contributed by atoms with Gasteiger partial charge in [0.2, 0.25) is 0 Å².